The van der Waals surface area contributed by atoms with Crippen LogP contribution in [0.4, 0.5) is 0 Å². The minimum Gasteiger partial charge on any atom is -0.349 e. The molecule has 128 valence electrons. The summed E-state index contributed by atoms with van der Waals surface area (Å²) < 4.78 is 23.4. The summed E-state index contributed by atoms with van der Waals surface area (Å²) in [4.78, 5) is 12.5. The minimum atomic E-state index is -3.87. The molecule has 7 nitrogen and oxygen atoms in total. The number of rotatable bonds is 3. The Morgan fingerprint density at radius 2 is 2.12 bits per heavy atom. The number of nitrogens with zero attached hydrogens (tertiary/aromatic N) is 1. The molecule has 2 aromatic rings. The Hall–Kier alpha value is -2.19. The average Bonchev–Trinajstić information content (AvgIpc) is 2.96. The number of sulfonamides is 1. The molecule has 0 unspecified atom stereocenters. The largest absolute Gasteiger partial charge is 0.349 e. The average molecular weight is 348 g/mol. The molecule has 3 rings (SSSR count). The first-order chi connectivity index (χ1) is 11.3. The van der Waals surface area contributed by atoms with Gasteiger partial charge in [0.2, 0.25) is 10.0 Å². The van der Waals surface area contributed by atoms with Crippen molar-refractivity contribution in [1.29, 1.82) is 0 Å². The molecule has 0 radical (unpaired) electrons. The van der Waals surface area contributed by atoms with Gasteiger partial charge in [0, 0.05) is 23.7 Å². The number of H-pyrrole nitrogens is 1. The molecular formula is C16H20N4O3S. The maximum Gasteiger partial charge on any atom is 0.251 e. The van der Waals surface area contributed by atoms with E-state index in [-0.39, 0.29) is 16.8 Å². The van der Waals surface area contributed by atoms with Crippen molar-refractivity contribution in [1.82, 2.24) is 15.5 Å². The van der Waals surface area contributed by atoms with E-state index in [9.17, 15) is 13.2 Å². The number of nitrogens with one attached hydrogen (secondary N) is 2. The lowest BCUT2D eigenvalue weighted by Gasteiger charge is -2.23. The molecule has 4 N–H and O–H groups in total. The van der Waals surface area contributed by atoms with Gasteiger partial charge in [-0.15, -0.1) is 0 Å². The molecule has 1 aliphatic carbocycles. The van der Waals surface area contributed by atoms with Crippen LogP contribution in [0.5, 0.6) is 0 Å². The van der Waals surface area contributed by atoms with Crippen molar-refractivity contribution in [3.05, 3.63) is 46.3 Å². The molecule has 8 heteroatoms. The number of hydrogen-bond donors (Lipinski definition) is 3. The van der Waals surface area contributed by atoms with Gasteiger partial charge in [0.15, 0.2) is 0 Å². The van der Waals surface area contributed by atoms with Gasteiger partial charge in [-0.05, 0) is 55.5 Å². The van der Waals surface area contributed by atoms with Crippen LogP contribution >= 0.6 is 0 Å². The summed E-state index contributed by atoms with van der Waals surface area (Å²) in [6, 6.07) is 3.02. The van der Waals surface area contributed by atoms with Gasteiger partial charge in [-0.2, -0.15) is 5.10 Å². The number of carbonyl (C=O) groups is 1. The molecule has 1 heterocycles. The highest BCUT2D eigenvalue weighted by atomic mass is 32.2. The fraction of sp³-hybridized carbons (Fsp3) is 0.375. The van der Waals surface area contributed by atoms with E-state index in [0.717, 1.165) is 18.5 Å². The van der Waals surface area contributed by atoms with E-state index in [1.54, 1.807) is 19.9 Å². The molecule has 1 aromatic heterocycles. The zero-order valence-corrected chi connectivity index (χ0v) is 14.4. The Morgan fingerprint density at radius 1 is 1.38 bits per heavy atom. The van der Waals surface area contributed by atoms with Crippen molar-refractivity contribution in [2.75, 3.05) is 0 Å². The molecule has 1 aromatic carbocycles. The summed E-state index contributed by atoms with van der Waals surface area (Å²) >= 11 is 0. The predicted molar refractivity (Wildman–Crippen MR) is 89.2 cm³/mol. The van der Waals surface area contributed by atoms with Gasteiger partial charge in [0.1, 0.15) is 0 Å². The van der Waals surface area contributed by atoms with Crippen LogP contribution in [0.25, 0.3) is 0 Å². The Balaban J connectivity index is 1.82. The number of primary sulfonamides is 1. The topological polar surface area (TPSA) is 118 Å². The quantitative estimate of drug-likeness (QED) is 0.765. The molecule has 0 fully saturated rings. The van der Waals surface area contributed by atoms with Gasteiger partial charge in [-0.1, -0.05) is 0 Å². The molecular weight excluding hydrogens is 328 g/mol. The van der Waals surface area contributed by atoms with Crippen LogP contribution in [0.2, 0.25) is 0 Å². The second-order valence-electron chi connectivity index (χ2n) is 6.25. The Labute approximate surface area is 140 Å². The fourth-order valence-electron chi connectivity index (χ4n) is 3.05. The number of hydrogen-bond acceptors (Lipinski definition) is 4. The van der Waals surface area contributed by atoms with Crippen molar-refractivity contribution < 1.29 is 13.2 Å². The molecule has 1 aliphatic rings. The van der Waals surface area contributed by atoms with Crippen molar-refractivity contribution in [3.8, 4) is 0 Å². The van der Waals surface area contributed by atoms with Gasteiger partial charge in [-0.25, -0.2) is 13.6 Å². The molecule has 24 heavy (non-hydrogen) atoms. The van der Waals surface area contributed by atoms with Crippen LogP contribution in [0.3, 0.4) is 0 Å². The molecule has 0 bridgehead atoms. The number of aromatic nitrogens is 2. The highest BCUT2D eigenvalue weighted by Gasteiger charge is 2.23. The summed E-state index contributed by atoms with van der Waals surface area (Å²) in [6.07, 6.45) is 4.18. The van der Waals surface area contributed by atoms with E-state index in [0.29, 0.717) is 23.1 Å². The zero-order valence-electron chi connectivity index (χ0n) is 13.6. The predicted octanol–water partition coefficient (Wildman–Crippen LogP) is 0.961. The second kappa shape index (κ2) is 6.03. The Morgan fingerprint density at radius 3 is 2.83 bits per heavy atom. The van der Waals surface area contributed by atoms with Crippen molar-refractivity contribution in [3.63, 3.8) is 0 Å². The van der Waals surface area contributed by atoms with Crippen LogP contribution in [-0.4, -0.2) is 30.6 Å². The van der Waals surface area contributed by atoms with Gasteiger partial charge >= 0.3 is 0 Å². The van der Waals surface area contributed by atoms with Gasteiger partial charge < -0.3 is 5.32 Å². The summed E-state index contributed by atoms with van der Waals surface area (Å²) in [5.41, 5.74) is 3.80. The lowest BCUT2D eigenvalue weighted by Crippen LogP contribution is -2.39. The van der Waals surface area contributed by atoms with Crippen LogP contribution in [0.15, 0.2) is 23.2 Å². The third-order valence-corrected chi connectivity index (χ3v) is 5.58. The molecule has 1 atom stereocenters. The molecule has 0 saturated heterocycles. The Bertz CT molecular complexity index is 902. The number of nitrogens with two attached hydrogens (primary N) is 1. The minimum absolute atomic E-state index is 0.00727. The van der Waals surface area contributed by atoms with E-state index in [1.165, 1.54) is 11.6 Å². The lowest BCUT2D eigenvalue weighted by molar-refractivity contribution is 0.0933. The van der Waals surface area contributed by atoms with E-state index in [1.807, 2.05) is 6.20 Å². The normalized spacial score (nSPS) is 17.4. The number of amides is 1. The van der Waals surface area contributed by atoms with E-state index < -0.39 is 10.0 Å². The first-order valence-corrected chi connectivity index (χ1v) is 9.26. The van der Waals surface area contributed by atoms with Crippen LogP contribution in [0, 0.1) is 13.8 Å². The summed E-state index contributed by atoms with van der Waals surface area (Å²) in [6.45, 7) is 3.44. The fourth-order valence-corrected chi connectivity index (χ4v) is 3.93. The number of benzene rings is 1. The first kappa shape index (κ1) is 16.7. The summed E-state index contributed by atoms with van der Waals surface area (Å²) in [5.74, 6) is -0.295. The van der Waals surface area contributed by atoms with Crippen LogP contribution in [-0.2, 0) is 22.9 Å². The Kier molecular flexibility index (Phi) is 4.18. The van der Waals surface area contributed by atoms with Crippen molar-refractivity contribution >= 4 is 15.9 Å². The molecule has 0 spiro atoms. The van der Waals surface area contributed by atoms with Crippen molar-refractivity contribution in [2.24, 2.45) is 5.14 Å². The van der Waals surface area contributed by atoms with Crippen LogP contribution < -0.4 is 10.5 Å². The van der Waals surface area contributed by atoms with E-state index in [2.05, 4.69) is 15.5 Å². The molecule has 1 amide bonds. The first-order valence-electron chi connectivity index (χ1n) is 7.71. The number of aromatic amines is 1. The standard InChI is InChI=1S/C16H20N4O3S/c1-9-5-12(6-15(10(9)2)24(17,22)23)16(21)19-13-4-3-11-8-18-20-14(11)7-13/h5-6,8,13H,3-4,7H2,1-2H3,(H,18,20)(H,19,21)(H2,17,22,23)/t13-/m0/s1. The lowest BCUT2D eigenvalue weighted by atomic mass is 9.93. The SMILES string of the molecule is Cc1cc(C(=O)N[C@H]2CCc3cn[nH]c3C2)cc(S(N)(=O)=O)c1C. The smallest absolute Gasteiger partial charge is 0.251 e. The number of carbonyl (C=O) groups excluding carboxylic acids is 1. The summed E-state index contributed by atoms with van der Waals surface area (Å²) in [5, 5.41) is 15.2. The number of aryl methyl sites for hydroxylation is 2. The van der Waals surface area contributed by atoms with Crippen LogP contribution in [0.1, 0.15) is 39.2 Å². The zero-order chi connectivity index (χ0) is 17.5. The summed E-state index contributed by atoms with van der Waals surface area (Å²) in [7, 11) is -3.87. The second-order valence-corrected chi connectivity index (χ2v) is 7.78. The molecule has 0 saturated carbocycles. The maximum absolute atomic E-state index is 12.5. The maximum atomic E-state index is 12.5. The third-order valence-electron chi connectivity index (χ3n) is 4.54. The molecule has 0 aliphatic heterocycles. The highest BCUT2D eigenvalue weighted by molar-refractivity contribution is 7.89. The number of fused-ring (bicyclic) bond motifs is 1. The van der Waals surface area contributed by atoms with Gasteiger partial charge in [-0.3, -0.25) is 9.89 Å². The third kappa shape index (κ3) is 3.20. The monoisotopic (exact) mass is 348 g/mol. The van der Waals surface area contributed by atoms with Crippen molar-refractivity contribution in [2.45, 2.75) is 44.0 Å². The van der Waals surface area contributed by atoms with Gasteiger partial charge in [0.05, 0.1) is 11.1 Å². The van der Waals surface area contributed by atoms with E-state index in [4.69, 9.17) is 5.14 Å². The van der Waals surface area contributed by atoms with E-state index >= 15 is 0 Å². The highest BCUT2D eigenvalue weighted by Crippen LogP contribution is 2.22. The van der Waals surface area contributed by atoms with Gasteiger partial charge in [0.25, 0.3) is 5.91 Å².